The van der Waals surface area contributed by atoms with E-state index >= 15 is 0 Å². The van der Waals surface area contributed by atoms with Crippen LogP contribution in [0, 0.1) is 0 Å². The number of nitrogens with zero attached hydrogens (tertiary/aromatic N) is 2. The van der Waals surface area contributed by atoms with Crippen LogP contribution in [0.15, 0.2) is 23.7 Å². The summed E-state index contributed by atoms with van der Waals surface area (Å²) in [6.07, 6.45) is 0.267. The molecule has 0 saturated carbocycles. The van der Waals surface area contributed by atoms with Gasteiger partial charge < -0.3 is 10.1 Å². The average Bonchev–Trinajstić information content (AvgIpc) is 2.93. The monoisotopic (exact) mass is 291 g/mol. The molecular weight excluding hydrogens is 270 g/mol. The number of aromatic nitrogens is 1. The zero-order valence-electron chi connectivity index (χ0n) is 12.0. The van der Waals surface area contributed by atoms with Crippen molar-refractivity contribution in [2.24, 2.45) is 0 Å². The molecule has 3 rings (SSSR count). The Morgan fingerprint density at radius 2 is 2.40 bits per heavy atom. The van der Waals surface area contributed by atoms with Gasteiger partial charge in [0.25, 0.3) is 0 Å². The summed E-state index contributed by atoms with van der Waals surface area (Å²) in [5.41, 5.74) is 4.10. The molecule has 0 bridgehead atoms. The average molecular weight is 291 g/mol. The third-order valence-corrected chi connectivity index (χ3v) is 4.56. The Morgan fingerprint density at radius 1 is 1.50 bits per heavy atom. The quantitative estimate of drug-likeness (QED) is 0.940. The minimum absolute atomic E-state index is 0.267. The molecule has 0 radical (unpaired) electrons. The van der Waals surface area contributed by atoms with Crippen molar-refractivity contribution in [1.82, 2.24) is 9.88 Å². The van der Waals surface area contributed by atoms with Gasteiger partial charge in [0.1, 0.15) is 0 Å². The fourth-order valence-electron chi connectivity index (χ4n) is 2.53. The van der Waals surface area contributed by atoms with Gasteiger partial charge in [0.15, 0.2) is 0 Å². The number of hydrogen-bond donors (Lipinski definition) is 1. The number of morpholine rings is 1. The summed E-state index contributed by atoms with van der Waals surface area (Å²) in [4.78, 5) is 6.77. The van der Waals surface area contributed by atoms with Crippen molar-refractivity contribution < 1.29 is 4.74 Å². The predicted molar refractivity (Wildman–Crippen MR) is 84.6 cm³/mol. The molecule has 1 unspecified atom stereocenters. The Labute approximate surface area is 123 Å². The van der Waals surface area contributed by atoms with Crippen LogP contribution in [0.4, 0.5) is 5.69 Å². The number of anilines is 1. The lowest BCUT2D eigenvalue weighted by molar-refractivity contribution is -0.0315. The lowest BCUT2D eigenvalue weighted by atomic mass is 10.2. The maximum Gasteiger partial charge on any atom is 0.0874 e. The van der Waals surface area contributed by atoms with Crippen LogP contribution < -0.4 is 5.32 Å². The van der Waals surface area contributed by atoms with Gasteiger partial charge in [-0.3, -0.25) is 4.90 Å². The molecule has 0 aliphatic carbocycles. The lowest BCUT2D eigenvalue weighted by Crippen LogP contribution is -2.48. The zero-order valence-corrected chi connectivity index (χ0v) is 12.8. The van der Waals surface area contributed by atoms with Crippen molar-refractivity contribution in [2.75, 3.05) is 31.6 Å². The van der Waals surface area contributed by atoms with Crippen molar-refractivity contribution in [3.8, 4) is 0 Å². The van der Waals surface area contributed by atoms with Gasteiger partial charge in [0.2, 0.25) is 0 Å². The molecule has 108 valence electrons. The maximum atomic E-state index is 5.84. The van der Waals surface area contributed by atoms with Crippen molar-refractivity contribution in [3.05, 3.63) is 23.7 Å². The topological polar surface area (TPSA) is 37.4 Å². The third-order valence-electron chi connectivity index (χ3n) is 3.77. The fourth-order valence-corrected chi connectivity index (χ4v) is 3.25. The summed E-state index contributed by atoms with van der Waals surface area (Å²) in [6.45, 7) is 8.22. The highest BCUT2D eigenvalue weighted by Gasteiger charge is 2.21. The van der Waals surface area contributed by atoms with Crippen molar-refractivity contribution in [2.45, 2.75) is 26.0 Å². The molecule has 0 amide bonds. The van der Waals surface area contributed by atoms with E-state index in [0.717, 1.165) is 37.4 Å². The summed E-state index contributed by atoms with van der Waals surface area (Å²) in [7, 11) is 0. The molecule has 20 heavy (non-hydrogen) atoms. The van der Waals surface area contributed by atoms with Gasteiger partial charge in [-0.05, 0) is 32.0 Å². The van der Waals surface area contributed by atoms with Gasteiger partial charge in [0, 0.05) is 31.4 Å². The molecule has 2 aromatic rings. The molecule has 0 spiro atoms. The molecule has 1 atom stereocenters. The minimum atomic E-state index is 0.267. The van der Waals surface area contributed by atoms with Crippen LogP contribution >= 0.6 is 11.3 Å². The molecule has 2 heterocycles. The van der Waals surface area contributed by atoms with E-state index < -0.39 is 0 Å². The summed E-state index contributed by atoms with van der Waals surface area (Å²) >= 11 is 1.68. The first-order valence-corrected chi connectivity index (χ1v) is 8.03. The SMILES string of the molecule is CC(C)N1CCOC(CNc2ccc3ncsc3c2)C1. The van der Waals surface area contributed by atoms with Crippen LogP contribution in [0.1, 0.15) is 13.8 Å². The molecule has 1 saturated heterocycles. The van der Waals surface area contributed by atoms with Crippen LogP contribution in [-0.4, -0.2) is 48.3 Å². The number of hydrogen-bond acceptors (Lipinski definition) is 5. The maximum absolute atomic E-state index is 5.84. The van der Waals surface area contributed by atoms with Gasteiger partial charge in [0.05, 0.1) is 28.4 Å². The first-order chi connectivity index (χ1) is 9.72. The largest absolute Gasteiger partial charge is 0.382 e. The van der Waals surface area contributed by atoms with Crippen molar-refractivity contribution in [1.29, 1.82) is 0 Å². The number of nitrogens with one attached hydrogen (secondary N) is 1. The summed E-state index contributed by atoms with van der Waals surface area (Å²) < 4.78 is 7.06. The van der Waals surface area contributed by atoms with Crippen LogP contribution in [0.25, 0.3) is 10.2 Å². The highest BCUT2D eigenvalue weighted by atomic mass is 32.1. The van der Waals surface area contributed by atoms with Crippen LogP contribution in [0.5, 0.6) is 0 Å². The number of ether oxygens (including phenoxy) is 1. The minimum Gasteiger partial charge on any atom is -0.382 e. The molecule has 1 aliphatic heterocycles. The van der Waals surface area contributed by atoms with Gasteiger partial charge in [-0.2, -0.15) is 0 Å². The second-order valence-electron chi connectivity index (χ2n) is 5.50. The summed E-state index contributed by atoms with van der Waals surface area (Å²) in [5, 5.41) is 3.48. The fraction of sp³-hybridized carbons (Fsp3) is 0.533. The Hall–Kier alpha value is -1.17. The smallest absolute Gasteiger partial charge is 0.0874 e. The van der Waals surface area contributed by atoms with E-state index in [1.165, 1.54) is 4.70 Å². The van der Waals surface area contributed by atoms with Crippen LogP contribution in [0.2, 0.25) is 0 Å². The van der Waals surface area contributed by atoms with Gasteiger partial charge in [-0.25, -0.2) is 4.98 Å². The van der Waals surface area contributed by atoms with E-state index in [-0.39, 0.29) is 6.10 Å². The predicted octanol–water partition coefficient (Wildman–Crippen LogP) is 2.82. The Kier molecular flexibility index (Phi) is 4.19. The van der Waals surface area contributed by atoms with Crippen molar-refractivity contribution >= 4 is 27.2 Å². The van der Waals surface area contributed by atoms with E-state index in [0.29, 0.717) is 6.04 Å². The molecule has 5 heteroatoms. The highest BCUT2D eigenvalue weighted by molar-refractivity contribution is 7.16. The number of thiazole rings is 1. The van der Waals surface area contributed by atoms with Gasteiger partial charge >= 0.3 is 0 Å². The van der Waals surface area contributed by atoms with E-state index in [2.05, 4.69) is 47.2 Å². The number of benzene rings is 1. The molecular formula is C15H21N3OS. The normalized spacial score (nSPS) is 20.6. The highest BCUT2D eigenvalue weighted by Crippen LogP contribution is 2.22. The molecule has 4 nitrogen and oxygen atoms in total. The molecule has 1 aromatic carbocycles. The van der Waals surface area contributed by atoms with Crippen molar-refractivity contribution in [3.63, 3.8) is 0 Å². The number of rotatable bonds is 4. The van der Waals surface area contributed by atoms with E-state index in [1.807, 2.05) is 5.51 Å². The van der Waals surface area contributed by atoms with Crippen LogP contribution in [-0.2, 0) is 4.74 Å². The Morgan fingerprint density at radius 3 is 3.25 bits per heavy atom. The molecule has 1 fully saturated rings. The van der Waals surface area contributed by atoms with Gasteiger partial charge in [-0.15, -0.1) is 11.3 Å². The summed E-state index contributed by atoms with van der Waals surface area (Å²) in [5.74, 6) is 0. The number of fused-ring (bicyclic) bond motifs is 1. The standard InChI is InChI=1S/C15H21N3OS/c1-11(2)18-5-6-19-13(9-18)8-16-12-3-4-14-15(7-12)20-10-17-14/h3-4,7,10-11,13,16H,5-6,8-9H2,1-2H3. The zero-order chi connectivity index (χ0) is 13.9. The Bertz CT molecular complexity index is 569. The third kappa shape index (κ3) is 3.11. The van der Waals surface area contributed by atoms with E-state index in [9.17, 15) is 0 Å². The Balaban J connectivity index is 1.58. The summed E-state index contributed by atoms with van der Waals surface area (Å²) in [6, 6.07) is 6.91. The molecule has 1 N–H and O–H groups in total. The first kappa shape index (κ1) is 13.8. The molecule has 1 aromatic heterocycles. The lowest BCUT2D eigenvalue weighted by Gasteiger charge is -2.35. The van der Waals surface area contributed by atoms with Crippen LogP contribution in [0.3, 0.4) is 0 Å². The van der Waals surface area contributed by atoms with E-state index in [4.69, 9.17) is 4.74 Å². The first-order valence-electron chi connectivity index (χ1n) is 7.15. The molecule has 1 aliphatic rings. The van der Waals surface area contributed by atoms with E-state index in [1.54, 1.807) is 11.3 Å². The van der Waals surface area contributed by atoms with Gasteiger partial charge in [-0.1, -0.05) is 0 Å². The second kappa shape index (κ2) is 6.08. The second-order valence-corrected chi connectivity index (χ2v) is 6.38.